The van der Waals surface area contributed by atoms with Crippen molar-refractivity contribution >= 4 is 27.3 Å². The number of nitrogens with zero attached hydrogens (tertiary/aromatic N) is 2. The van der Waals surface area contributed by atoms with Gasteiger partial charge < -0.3 is 4.90 Å². The predicted molar refractivity (Wildman–Crippen MR) is 76.3 cm³/mol. The van der Waals surface area contributed by atoms with Gasteiger partial charge in [0.25, 0.3) is 0 Å². The van der Waals surface area contributed by atoms with Crippen molar-refractivity contribution in [3.63, 3.8) is 0 Å². The molecule has 4 heteroatoms. The third kappa shape index (κ3) is 4.22. The fourth-order valence-corrected chi connectivity index (χ4v) is 2.87. The van der Waals surface area contributed by atoms with Crippen LogP contribution in [0.4, 0.5) is 0 Å². The van der Waals surface area contributed by atoms with E-state index in [1.807, 2.05) is 18.3 Å². The Bertz CT molecular complexity index is 455. The van der Waals surface area contributed by atoms with Crippen LogP contribution in [0, 0.1) is 0 Å². The number of hydrogen-bond acceptors (Lipinski definition) is 3. The Kier molecular flexibility index (Phi) is 4.71. The SMILES string of the molecule is CN(CCc1ccccn1)Cc1csc(Br)c1. The number of aromatic nitrogens is 1. The van der Waals surface area contributed by atoms with E-state index in [0.29, 0.717) is 0 Å². The van der Waals surface area contributed by atoms with Crippen LogP contribution in [0.15, 0.2) is 39.6 Å². The van der Waals surface area contributed by atoms with Gasteiger partial charge in [0, 0.05) is 31.4 Å². The van der Waals surface area contributed by atoms with Crippen molar-refractivity contribution in [3.05, 3.63) is 50.9 Å². The fraction of sp³-hybridized carbons (Fsp3) is 0.308. The van der Waals surface area contributed by atoms with Crippen LogP contribution in [0.25, 0.3) is 0 Å². The van der Waals surface area contributed by atoms with Gasteiger partial charge in [-0.15, -0.1) is 11.3 Å². The Balaban J connectivity index is 1.80. The maximum absolute atomic E-state index is 4.33. The molecule has 0 amide bonds. The van der Waals surface area contributed by atoms with Crippen LogP contribution in [0.1, 0.15) is 11.3 Å². The van der Waals surface area contributed by atoms with Gasteiger partial charge >= 0.3 is 0 Å². The van der Waals surface area contributed by atoms with Gasteiger partial charge in [-0.1, -0.05) is 6.07 Å². The minimum atomic E-state index is 0.995. The summed E-state index contributed by atoms with van der Waals surface area (Å²) in [5.74, 6) is 0. The minimum absolute atomic E-state index is 0.995. The van der Waals surface area contributed by atoms with Crippen LogP contribution in [-0.2, 0) is 13.0 Å². The molecule has 2 aromatic rings. The number of hydrogen-bond donors (Lipinski definition) is 0. The van der Waals surface area contributed by atoms with E-state index in [1.165, 1.54) is 9.35 Å². The molecule has 0 aliphatic carbocycles. The first-order valence-corrected chi connectivity index (χ1v) is 7.22. The molecule has 0 unspecified atom stereocenters. The van der Waals surface area contributed by atoms with Gasteiger partial charge in [0.15, 0.2) is 0 Å². The molecule has 17 heavy (non-hydrogen) atoms. The molecule has 0 aromatic carbocycles. The Morgan fingerprint density at radius 1 is 1.41 bits per heavy atom. The zero-order valence-corrected chi connectivity index (χ0v) is 12.2. The second-order valence-electron chi connectivity index (χ2n) is 4.07. The number of likely N-dealkylation sites (N-methyl/N-ethyl adjacent to an activating group) is 1. The maximum Gasteiger partial charge on any atom is 0.0701 e. The number of rotatable bonds is 5. The van der Waals surface area contributed by atoms with Crippen molar-refractivity contribution in [3.8, 4) is 0 Å². The number of halogens is 1. The van der Waals surface area contributed by atoms with E-state index < -0.39 is 0 Å². The third-order valence-corrected chi connectivity index (χ3v) is 4.10. The van der Waals surface area contributed by atoms with E-state index >= 15 is 0 Å². The molecule has 2 aromatic heterocycles. The van der Waals surface area contributed by atoms with Gasteiger partial charge in [0.1, 0.15) is 0 Å². The van der Waals surface area contributed by atoms with Crippen molar-refractivity contribution in [2.75, 3.05) is 13.6 Å². The lowest BCUT2D eigenvalue weighted by Crippen LogP contribution is -2.20. The summed E-state index contributed by atoms with van der Waals surface area (Å²) in [5.41, 5.74) is 2.52. The van der Waals surface area contributed by atoms with Gasteiger partial charge in [0.2, 0.25) is 0 Å². The molecule has 0 atom stereocenters. The molecule has 0 saturated heterocycles. The van der Waals surface area contributed by atoms with Gasteiger partial charge in [-0.2, -0.15) is 0 Å². The molecule has 0 N–H and O–H groups in total. The molecule has 0 aliphatic rings. The standard InChI is InChI=1S/C13H15BrN2S/c1-16(9-11-8-13(14)17-10-11)7-5-12-4-2-3-6-15-12/h2-4,6,8,10H,5,7,9H2,1H3. The normalized spacial score (nSPS) is 11.0. The minimum Gasteiger partial charge on any atom is -0.302 e. The summed E-state index contributed by atoms with van der Waals surface area (Å²) in [6, 6.07) is 8.26. The van der Waals surface area contributed by atoms with Crippen molar-refractivity contribution in [1.29, 1.82) is 0 Å². The first-order chi connectivity index (χ1) is 8.24. The van der Waals surface area contributed by atoms with E-state index in [1.54, 1.807) is 11.3 Å². The Morgan fingerprint density at radius 3 is 2.94 bits per heavy atom. The van der Waals surface area contributed by atoms with Crippen LogP contribution in [0.2, 0.25) is 0 Å². The zero-order valence-electron chi connectivity index (χ0n) is 9.77. The van der Waals surface area contributed by atoms with Crippen molar-refractivity contribution in [2.24, 2.45) is 0 Å². The first kappa shape index (κ1) is 12.7. The van der Waals surface area contributed by atoms with Gasteiger partial charge in [-0.05, 0) is 52.1 Å². The lowest BCUT2D eigenvalue weighted by Gasteiger charge is -2.15. The molecule has 2 heterocycles. The highest BCUT2D eigenvalue weighted by Crippen LogP contribution is 2.21. The van der Waals surface area contributed by atoms with Crippen LogP contribution < -0.4 is 0 Å². The summed E-state index contributed by atoms with van der Waals surface area (Å²) in [6.07, 6.45) is 2.86. The van der Waals surface area contributed by atoms with E-state index in [2.05, 4.69) is 50.4 Å². The second kappa shape index (κ2) is 6.28. The summed E-state index contributed by atoms with van der Waals surface area (Å²) >= 11 is 5.23. The number of pyridine rings is 1. The molecule has 0 radical (unpaired) electrons. The predicted octanol–water partition coefficient (Wildman–Crippen LogP) is 3.58. The monoisotopic (exact) mass is 310 g/mol. The highest BCUT2D eigenvalue weighted by molar-refractivity contribution is 9.11. The molecule has 0 fully saturated rings. The van der Waals surface area contributed by atoms with Gasteiger partial charge in [0.05, 0.1) is 3.79 Å². The summed E-state index contributed by atoms with van der Waals surface area (Å²) in [4.78, 5) is 6.65. The van der Waals surface area contributed by atoms with Crippen LogP contribution >= 0.6 is 27.3 Å². The molecular weight excluding hydrogens is 296 g/mol. The number of thiophene rings is 1. The van der Waals surface area contributed by atoms with Crippen LogP contribution in [0.5, 0.6) is 0 Å². The molecule has 0 bridgehead atoms. The van der Waals surface area contributed by atoms with Crippen molar-refractivity contribution < 1.29 is 0 Å². The Morgan fingerprint density at radius 2 is 2.29 bits per heavy atom. The topological polar surface area (TPSA) is 16.1 Å². The van der Waals surface area contributed by atoms with Crippen LogP contribution in [0.3, 0.4) is 0 Å². The van der Waals surface area contributed by atoms with Gasteiger partial charge in [-0.3, -0.25) is 4.98 Å². The van der Waals surface area contributed by atoms with Crippen LogP contribution in [-0.4, -0.2) is 23.5 Å². The van der Waals surface area contributed by atoms with Gasteiger partial charge in [-0.25, -0.2) is 0 Å². The molecule has 2 rings (SSSR count). The molecule has 90 valence electrons. The van der Waals surface area contributed by atoms with E-state index in [9.17, 15) is 0 Å². The largest absolute Gasteiger partial charge is 0.302 e. The lowest BCUT2D eigenvalue weighted by molar-refractivity contribution is 0.330. The van der Waals surface area contributed by atoms with E-state index in [0.717, 1.165) is 25.2 Å². The first-order valence-electron chi connectivity index (χ1n) is 5.55. The summed E-state index contributed by atoms with van der Waals surface area (Å²) in [6.45, 7) is 2.03. The van der Waals surface area contributed by atoms with Crippen molar-refractivity contribution in [1.82, 2.24) is 9.88 Å². The maximum atomic E-state index is 4.33. The molecule has 2 nitrogen and oxygen atoms in total. The molecule has 0 aliphatic heterocycles. The quantitative estimate of drug-likeness (QED) is 0.839. The average Bonchev–Trinajstić information content (AvgIpc) is 2.73. The fourth-order valence-electron chi connectivity index (χ4n) is 1.67. The van der Waals surface area contributed by atoms with Crippen molar-refractivity contribution in [2.45, 2.75) is 13.0 Å². The smallest absolute Gasteiger partial charge is 0.0701 e. The highest BCUT2D eigenvalue weighted by Gasteiger charge is 2.03. The average molecular weight is 311 g/mol. The third-order valence-electron chi connectivity index (χ3n) is 2.55. The summed E-state index contributed by atoms with van der Waals surface area (Å²) in [5, 5.41) is 2.20. The molecule has 0 spiro atoms. The summed E-state index contributed by atoms with van der Waals surface area (Å²) < 4.78 is 1.20. The highest BCUT2D eigenvalue weighted by atomic mass is 79.9. The lowest BCUT2D eigenvalue weighted by atomic mass is 10.2. The molecule has 0 saturated carbocycles. The molecular formula is C13H15BrN2S. The second-order valence-corrected chi connectivity index (χ2v) is 6.36. The summed E-state index contributed by atoms with van der Waals surface area (Å²) in [7, 11) is 2.15. The van der Waals surface area contributed by atoms with E-state index in [-0.39, 0.29) is 0 Å². The van der Waals surface area contributed by atoms with E-state index in [4.69, 9.17) is 0 Å². The Hall–Kier alpha value is -0.710. The Labute approximate surface area is 114 Å². The zero-order chi connectivity index (χ0) is 12.1.